The SMILES string of the molecule is CC1CC(C)C(C)N(C(CN)c2ccc(Cl)cc2)C1. The summed E-state index contributed by atoms with van der Waals surface area (Å²) in [5.74, 6) is 1.47. The van der Waals surface area contributed by atoms with E-state index in [0.717, 1.165) is 23.4 Å². The third kappa shape index (κ3) is 3.31. The zero-order valence-electron chi connectivity index (χ0n) is 12.1. The van der Waals surface area contributed by atoms with Gasteiger partial charge < -0.3 is 5.73 Å². The smallest absolute Gasteiger partial charge is 0.0473 e. The highest BCUT2D eigenvalue weighted by atomic mass is 35.5. The minimum Gasteiger partial charge on any atom is -0.329 e. The van der Waals surface area contributed by atoms with E-state index >= 15 is 0 Å². The fourth-order valence-corrected chi connectivity index (χ4v) is 3.44. The van der Waals surface area contributed by atoms with Gasteiger partial charge in [0.15, 0.2) is 0 Å². The fraction of sp³-hybridized carbons (Fsp3) is 0.625. The molecule has 0 radical (unpaired) electrons. The molecule has 1 aliphatic heterocycles. The predicted molar refractivity (Wildman–Crippen MR) is 82.4 cm³/mol. The van der Waals surface area contributed by atoms with Crippen LogP contribution in [0.3, 0.4) is 0 Å². The molecule has 1 heterocycles. The summed E-state index contributed by atoms with van der Waals surface area (Å²) in [5, 5.41) is 0.785. The summed E-state index contributed by atoms with van der Waals surface area (Å²) in [6.45, 7) is 8.81. The number of nitrogens with zero attached hydrogens (tertiary/aromatic N) is 1. The average Bonchev–Trinajstić information content (AvgIpc) is 2.38. The van der Waals surface area contributed by atoms with Crippen molar-refractivity contribution in [2.45, 2.75) is 39.3 Å². The molecule has 0 saturated carbocycles. The molecule has 4 atom stereocenters. The molecule has 3 heteroatoms. The summed E-state index contributed by atoms with van der Waals surface area (Å²) in [5.41, 5.74) is 7.33. The third-order valence-electron chi connectivity index (χ3n) is 4.52. The zero-order valence-corrected chi connectivity index (χ0v) is 12.9. The molecular weight excluding hydrogens is 256 g/mol. The highest BCUT2D eigenvalue weighted by Crippen LogP contribution is 2.33. The van der Waals surface area contributed by atoms with E-state index in [9.17, 15) is 0 Å². The number of nitrogens with two attached hydrogens (primary N) is 1. The highest BCUT2D eigenvalue weighted by molar-refractivity contribution is 6.30. The number of hydrogen-bond acceptors (Lipinski definition) is 2. The molecule has 4 unspecified atom stereocenters. The van der Waals surface area contributed by atoms with Crippen molar-refractivity contribution < 1.29 is 0 Å². The normalized spacial score (nSPS) is 30.3. The summed E-state index contributed by atoms with van der Waals surface area (Å²) < 4.78 is 0. The van der Waals surface area contributed by atoms with Gasteiger partial charge in [0, 0.05) is 30.2 Å². The topological polar surface area (TPSA) is 29.3 Å². The van der Waals surface area contributed by atoms with Crippen LogP contribution in [0, 0.1) is 11.8 Å². The molecule has 0 amide bonds. The second-order valence-electron chi connectivity index (χ2n) is 6.06. The predicted octanol–water partition coefficient (Wildman–Crippen LogP) is 3.71. The lowest BCUT2D eigenvalue weighted by Gasteiger charge is -2.45. The van der Waals surface area contributed by atoms with Gasteiger partial charge in [-0.3, -0.25) is 4.90 Å². The molecule has 2 nitrogen and oxygen atoms in total. The molecule has 1 aromatic carbocycles. The van der Waals surface area contributed by atoms with Crippen LogP contribution in [0.15, 0.2) is 24.3 Å². The number of piperidine rings is 1. The van der Waals surface area contributed by atoms with E-state index in [4.69, 9.17) is 17.3 Å². The van der Waals surface area contributed by atoms with Gasteiger partial charge in [-0.15, -0.1) is 0 Å². The Morgan fingerprint density at radius 3 is 2.47 bits per heavy atom. The van der Waals surface area contributed by atoms with Gasteiger partial charge in [0.2, 0.25) is 0 Å². The van der Waals surface area contributed by atoms with Gasteiger partial charge in [-0.2, -0.15) is 0 Å². The van der Waals surface area contributed by atoms with Crippen LogP contribution in [-0.4, -0.2) is 24.0 Å². The first kappa shape index (κ1) is 14.8. The van der Waals surface area contributed by atoms with Crippen molar-refractivity contribution in [1.29, 1.82) is 0 Å². The first-order valence-corrected chi connectivity index (χ1v) is 7.62. The Morgan fingerprint density at radius 1 is 1.26 bits per heavy atom. The molecule has 0 aromatic heterocycles. The lowest BCUT2D eigenvalue weighted by molar-refractivity contribution is 0.0424. The largest absolute Gasteiger partial charge is 0.329 e. The molecule has 2 N–H and O–H groups in total. The highest BCUT2D eigenvalue weighted by Gasteiger charge is 2.33. The van der Waals surface area contributed by atoms with Crippen LogP contribution < -0.4 is 5.73 Å². The van der Waals surface area contributed by atoms with Crippen LogP contribution in [0.1, 0.15) is 38.8 Å². The van der Waals surface area contributed by atoms with Crippen LogP contribution in [-0.2, 0) is 0 Å². The van der Waals surface area contributed by atoms with E-state index in [0.29, 0.717) is 18.6 Å². The molecule has 0 spiro atoms. The summed E-state index contributed by atoms with van der Waals surface area (Å²) in [4.78, 5) is 2.57. The molecule has 106 valence electrons. The standard InChI is InChI=1S/C16H25ClN2/c1-11-8-12(2)13(3)19(10-11)16(9-18)14-4-6-15(17)7-5-14/h4-7,11-13,16H,8-10,18H2,1-3H3. The van der Waals surface area contributed by atoms with Gasteiger partial charge in [-0.1, -0.05) is 37.6 Å². The Kier molecular flexibility index (Phi) is 4.88. The van der Waals surface area contributed by atoms with Gasteiger partial charge >= 0.3 is 0 Å². The second kappa shape index (κ2) is 6.25. The molecule has 1 aliphatic rings. The molecular formula is C16H25ClN2. The van der Waals surface area contributed by atoms with Crippen LogP contribution >= 0.6 is 11.6 Å². The lowest BCUT2D eigenvalue weighted by Crippen LogP contribution is -2.49. The van der Waals surface area contributed by atoms with Crippen LogP contribution in [0.5, 0.6) is 0 Å². The van der Waals surface area contributed by atoms with E-state index in [-0.39, 0.29) is 0 Å². The van der Waals surface area contributed by atoms with E-state index in [2.05, 4.69) is 37.8 Å². The quantitative estimate of drug-likeness (QED) is 0.915. The van der Waals surface area contributed by atoms with Crippen molar-refractivity contribution in [3.63, 3.8) is 0 Å². The Balaban J connectivity index is 2.22. The summed E-state index contributed by atoms with van der Waals surface area (Å²) in [6, 6.07) is 9.02. The molecule has 1 aromatic rings. The van der Waals surface area contributed by atoms with Gasteiger partial charge in [-0.05, 0) is 42.9 Å². The molecule has 1 saturated heterocycles. The Labute approximate surface area is 121 Å². The summed E-state index contributed by atoms with van der Waals surface area (Å²) in [6.07, 6.45) is 1.32. The minimum atomic E-state index is 0.303. The third-order valence-corrected chi connectivity index (χ3v) is 4.77. The average molecular weight is 281 g/mol. The van der Waals surface area contributed by atoms with E-state index in [1.54, 1.807) is 0 Å². The Morgan fingerprint density at radius 2 is 1.89 bits per heavy atom. The van der Waals surface area contributed by atoms with Crippen molar-refractivity contribution in [1.82, 2.24) is 4.90 Å². The van der Waals surface area contributed by atoms with Crippen molar-refractivity contribution in [3.8, 4) is 0 Å². The maximum absolute atomic E-state index is 6.05. The first-order chi connectivity index (χ1) is 9.02. The monoisotopic (exact) mass is 280 g/mol. The Bertz CT molecular complexity index is 404. The van der Waals surface area contributed by atoms with Gasteiger partial charge in [-0.25, -0.2) is 0 Å². The second-order valence-corrected chi connectivity index (χ2v) is 6.50. The van der Waals surface area contributed by atoms with Gasteiger partial charge in [0.05, 0.1) is 0 Å². The maximum atomic E-state index is 6.05. The van der Waals surface area contributed by atoms with E-state index < -0.39 is 0 Å². The number of hydrogen-bond donors (Lipinski definition) is 1. The number of likely N-dealkylation sites (tertiary alicyclic amines) is 1. The van der Waals surface area contributed by atoms with Crippen LogP contribution in [0.4, 0.5) is 0 Å². The van der Waals surface area contributed by atoms with E-state index in [1.807, 2.05) is 12.1 Å². The van der Waals surface area contributed by atoms with Gasteiger partial charge in [0.1, 0.15) is 0 Å². The number of halogens is 1. The molecule has 0 aliphatic carbocycles. The minimum absolute atomic E-state index is 0.303. The molecule has 19 heavy (non-hydrogen) atoms. The Hall–Kier alpha value is -0.570. The lowest BCUT2D eigenvalue weighted by atomic mass is 9.84. The van der Waals surface area contributed by atoms with Gasteiger partial charge in [0.25, 0.3) is 0 Å². The fourth-order valence-electron chi connectivity index (χ4n) is 3.32. The summed E-state index contributed by atoms with van der Waals surface area (Å²) >= 11 is 5.98. The maximum Gasteiger partial charge on any atom is 0.0473 e. The molecule has 2 rings (SSSR count). The van der Waals surface area contributed by atoms with Crippen molar-refractivity contribution in [3.05, 3.63) is 34.9 Å². The number of rotatable bonds is 3. The van der Waals surface area contributed by atoms with Crippen molar-refractivity contribution >= 4 is 11.6 Å². The van der Waals surface area contributed by atoms with Crippen LogP contribution in [0.25, 0.3) is 0 Å². The van der Waals surface area contributed by atoms with Crippen molar-refractivity contribution in [2.75, 3.05) is 13.1 Å². The molecule has 0 bridgehead atoms. The first-order valence-electron chi connectivity index (χ1n) is 7.24. The number of benzene rings is 1. The van der Waals surface area contributed by atoms with Crippen molar-refractivity contribution in [2.24, 2.45) is 17.6 Å². The van der Waals surface area contributed by atoms with Crippen LogP contribution in [0.2, 0.25) is 5.02 Å². The zero-order chi connectivity index (χ0) is 14.0. The summed E-state index contributed by atoms with van der Waals surface area (Å²) in [7, 11) is 0. The van der Waals surface area contributed by atoms with E-state index in [1.165, 1.54) is 12.0 Å². The molecule has 1 fully saturated rings.